The van der Waals surface area contributed by atoms with Crippen LogP contribution >= 0.6 is 27.5 Å². The summed E-state index contributed by atoms with van der Waals surface area (Å²) in [6, 6.07) is 7.78. The van der Waals surface area contributed by atoms with E-state index in [2.05, 4.69) is 20.9 Å². The van der Waals surface area contributed by atoms with Crippen LogP contribution < -0.4 is 0 Å². The third-order valence-corrected chi connectivity index (χ3v) is 2.49. The minimum atomic E-state index is -0.552. The van der Waals surface area contributed by atoms with Crippen molar-refractivity contribution in [1.82, 2.24) is 0 Å². The van der Waals surface area contributed by atoms with Gasteiger partial charge in [0.2, 0.25) is 0 Å². The number of aliphatic hydroxyl groups excluding tert-OH is 1. The van der Waals surface area contributed by atoms with Crippen LogP contribution in [0.5, 0.6) is 0 Å². The van der Waals surface area contributed by atoms with E-state index < -0.39 is 6.10 Å². The van der Waals surface area contributed by atoms with Gasteiger partial charge in [0.05, 0.1) is 18.5 Å². The van der Waals surface area contributed by atoms with Gasteiger partial charge in [-0.2, -0.15) is 0 Å². The van der Waals surface area contributed by atoms with Gasteiger partial charge >= 0.3 is 0 Å². The van der Waals surface area contributed by atoms with Gasteiger partial charge in [0.1, 0.15) is 0 Å². The average molecular weight is 277 g/mol. The first kappa shape index (κ1) is 11.7. The molecule has 0 spiro atoms. The van der Waals surface area contributed by atoms with Crippen molar-refractivity contribution in [3.05, 3.63) is 34.3 Å². The van der Waals surface area contributed by atoms with Gasteiger partial charge < -0.3 is 5.11 Å². The molecule has 1 N–H and O–H groups in total. The Morgan fingerprint density at radius 3 is 2.64 bits per heavy atom. The van der Waals surface area contributed by atoms with Crippen LogP contribution in [0, 0.1) is 0 Å². The van der Waals surface area contributed by atoms with Crippen LogP contribution in [0.15, 0.2) is 33.7 Å². The lowest BCUT2D eigenvalue weighted by Crippen LogP contribution is -2.12. The Balaban J connectivity index is 2.48. The van der Waals surface area contributed by atoms with E-state index in [9.17, 15) is 0 Å². The number of hydrogen-bond acceptors (Lipinski definition) is 2. The van der Waals surface area contributed by atoms with Gasteiger partial charge in [-0.15, -0.1) is 11.6 Å². The molecule has 0 aliphatic carbocycles. The van der Waals surface area contributed by atoms with Crippen LogP contribution in [0.2, 0.25) is 0 Å². The molecule has 1 aromatic carbocycles. The van der Waals surface area contributed by atoms with Crippen LogP contribution in [0.3, 0.4) is 0 Å². The number of halogens is 2. The molecular weight excluding hydrogens is 265 g/mol. The monoisotopic (exact) mass is 275 g/mol. The lowest BCUT2D eigenvalue weighted by atomic mass is 10.2. The number of hydrogen-bond donors (Lipinski definition) is 1. The molecule has 0 aliphatic rings. The quantitative estimate of drug-likeness (QED) is 0.665. The highest BCUT2D eigenvalue weighted by Gasteiger charge is 1.97. The van der Waals surface area contributed by atoms with Crippen LogP contribution in [-0.2, 0) is 0 Å². The fourth-order valence-corrected chi connectivity index (χ4v) is 1.24. The van der Waals surface area contributed by atoms with Crippen LogP contribution in [0.25, 0.3) is 0 Å². The number of aliphatic hydroxyl groups is 1. The fourth-order valence-electron chi connectivity index (χ4n) is 0.877. The minimum Gasteiger partial charge on any atom is -0.390 e. The predicted octanol–water partition coefficient (Wildman–Crippen LogP) is 2.47. The SMILES string of the molecule is OC(CCl)C/N=C/c1ccc(Br)cc1. The van der Waals surface area contributed by atoms with Gasteiger partial charge in [0, 0.05) is 10.7 Å². The molecule has 0 saturated heterocycles. The summed E-state index contributed by atoms with van der Waals surface area (Å²) in [5, 5.41) is 9.13. The van der Waals surface area contributed by atoms with Crippen molar-refractivity contribution in [1.29, 1.82) is 0 Å². The van der Waals surface area contributed by atoms with E-state index in [0.29, 0.717) is 6.54 Å². The van der Waals surface area contributed by atoms with Gasteiger partial charge in [-0.3, -0.25) is 4.99 Å². The molecule has 14 heavy (non-hydrogen) atoms. The molecule has 76 valence electrons. The lowest BCUT2D eigenvalue weighted by Gasteiger charge is -2.00. The molecule has 1 atom stereocenters. The summed E-state index contributed by atoms with van der Waals surface area (Å²) in [6.45, 7) is 0.347. The van der Waals surface area contributed by atoms with E-state index in [1.807, 2.05) is 24.3 Å². The summed E-state index contributed by atoms with van der Waals surface area (Å²) in [4.78, 5) is 4.07. The molecule has 0 aliphatic heterocycles. The number of alkyl halides is 1. The van der Waals surface area contributed by atoms with Crippen molar-refractivity contribution in [2.45, 2.75) is 6.10 Å². The van der Waals surface area contributed by atoms with Crippen molar-refractivity contribution < 1.29 is 5.11 Å². The molecule has 0 fully saturated rings. The summed E-state index contributed by atoms with van der Waals surface area (Å²) in [7, 11) is 0. The Morgan fingerprint density at radius 2 is 2.07 bits per heavy atom. The highest BCUT2D eigenvalue weighted by atomic mass is 79.9. The van der Waals surface area contributed by atoms with Crippen molar-refractivity contribution in [2.24, 2.45) is 4.99 Å². The topological polar surface area (TPSA) is 32.6 Å². The summed E-state index contributed by atoms with van der Waals surface area (Å²) < 4.78 is 1.04. The van der Waals surface area contributed by atoms with Crippen molar-refractivity contribution in [3.8, 4) is 0 Å². The maximum absolute atomic E-state index is 9.13. The molecule has 1 aromatic rings. The first-order valence-electron chi connectivity index (χ1n) is 4.22. The number of aliphatic imine (C=N–C) groups is 1. The van der Waals surface area contributed by atoms with Crippen LogP contribution in [-0.4, -0.2) is 29.8 Å². The molecule has 4 heteroatoms. The first-order valence-corrected chi connectivity index (χ1v) is 5.54. The van der Waals surface area contributed by atoms with Gasteiger partial charge in [-0.1, -0.05) is 28.1 Å². The first-order chi connectivity index (χ1) is 6.72. The smallest absolute Gasteiger partial charge is 0.0870 e. The highest BCUT2D eigenvalue weighted by Crippen LogP contribution is 2.09. The highest BCUT2D eigenvalue weighted by molar-refractivity contribution is 9.10. The predicted molar refractivity (Wildman–Crippen MR) is 63.3 cm³/mol. The second-order valence-electron chi connectivity index (χ2n) is 2.85. The Hall–Kier alpha value is -0.380. The summed E-state index contributed by atoms with van der Waals surface area (Å²) in [5.74, 6) is 0.220. The second-order valence-corrected chi connectivity index (χ2v) is 4.08. The zero-order chi connectivity index (χ0) is 10.4. The molecular formula is C10H11BrClNO. The molecule has 1 rings (SSSR count). The third kappa shape index (κ3) is 4.22. The van der Waals surface area contributed by atoms with Gasteiger partial charge in [-0.05, 0) is 17.7 Å². The number of rotatable bonds is 4. The third-order valence-electron chi connectivity index (χ3n) is 1.60. The Kier molecular flexibility index (Phi) is 5.15. The van der Waals surface area contributed by atoms with E-state index in [1.54, 1.807) is 6.21 Å². The van der Waals surface area contributed by atoms with E-state index in [1.165, 1.54) is 0 Å². The standard InChI is InChI=1S/C10H11BrClNO/c11-9-3-1-8(2-4-9)6-13-7-10(14)5-12/h1-4,6,10,14H,5,7H2/b13-6+. The molecule has 2 nitrogen and oxygen atoms in total. The molecule has 0 radical (unpaired) electrons. The Morgan fingerprint density at radius 1 is 1.43 bits per heavy atom. The van der Waals surface area contributed by atoms with E-state index >= 15 is 0 Å². The van der Waals surface area contributed by atoms with Crippen molar-refractivity contribution in [2.75, 3.05) is 12.4 Å². The van der Waals surface area contributed by atoms with Crippen LogP contribution in [0.1, 0.15) is 5.56 Å². The molecule has 0 aromatic heterocycles. The number of benzene rings is 1. The molecule has 0 amide bonds. The van der Waals surface area contributed by atoms with Gasteiger partial charge in [0.15, 0.2) is 0 Å². The molecule has 1 unspecified atom stereocenters. The Bertz CT molecular complexity index is 299. The lowest BCUT2D eigenvalue weighted by molar-refractivity contribution is 0.207. The van der Waals surface area contributed by atoms with E-state index in [0.717, 1.165) is 10.0 Å². The van der Waals surface area contributed by atoms with Crippen LogP contribution in [0.4, 0.5) is 0 Å². The molecule has 0 heterocycles. The second kappa shape index (κ2) is 6.17. The largest absolute Gasteiger partial charge is 0.390 e. The molecule has 0 bridgehead atoms. The van der Waals surface area contributed by atoms with E-state index in [-0.39, 0.29) is 5.88 Å². The van der Waals surface area contributed by atoms with Crippen molar-refractivity contribution >= 4 is 33.7 Å². The van der Waals surface area contributed by atoms with Gasteiger partial charge in [0.25, 0.3) is 0 Å². The molecule has 0 saturated carbocycles. The maximum Gasteiger partial charge on any atom is 0.0870 e. The maximum atomic E-state index is 9.13. The Labute approximate surface area is 96.8 Å². The van der Waals surface area contributed by atoms with Crippen molar-refractivity contribution in [3.63, 3.8) is 0 Å². The average Bonchev–Trinajstić information content (AvgIpc) is 2.21. The zero-order valence-electron chi connectivity index (χ0n) is 7.53. The van der Waals surface area contributed by atoms with E-state index in [4.69, 9.17) is 16.7 Å². The summed E-state index contributed by atoms with van der Waals surface area (Å²) >= 11 is 8.77. The summed E-state index contributed by atoms with van der Waals surface area (Å²) in [6.07, 6.45) is 1.17. The number of nitrogens with zero attached hydrogens (tertiary/aromatic N) is 1. The summed E-state index contributed by atoms with van der Waals surface area (Å²) in [5.41, 5.74) is 1.01. The van der Waals surface area contributed by atoms with Gasteiger partial charge in [-0.25, -0.2) is 0 Å². The minimum absolute atomic E-state index is 0.220. The zero-order valence-corrected chi connectivity index (χ0v) is 9.87. The normalized spacial score (nSPS) is 13.4. The fraction of sp³-hybridized carbons (Fsp3) is 0.300.